The lowest BCUT2D eigenvalue weighted by atomic mass is 10.3. The summed E-state index contributed by atoms with van der Waals surface area (Å²) in [6.45, 7) is -0.535. The Bertz CT molecular complexity index is 931. The van der Waals surface area contributed by atoms with Crippen molar-refractivity contribution in [3.8, 4) is 11.5 Å². The first-order chi connectivity index (χ1) is 13.0. The predicted octanol–water partition coefficient (Wildman–Crippen LogP) is 3.00. The SMILES string of the molecule is COc1cccc(N(CC(=O)Nc2ccc(OC(F)(F)F)cc2)S(C)(=O)=O)c1. The van der Waals surface area contributed by atoms with Crippen LogP contribution < -0.4 is 19.1 Å². The maximum absolute atomic E-state index is 12.3. The van der Waals surface area contributed by atoms with E-state index in [9.17, 15) is 26.4 Å². The van der Waals surface area contributed by atoms with Gasteiger partial charge in [0.1, 0.15) is 18.0 Å². The Morgan fingerprint density at radius 1 is 1.11 bits per heavy atom. The van der Waals surface area contributed by atoms with Gasteiger partial charge in [-0.2, -0.15) is 0 Å². The number of rotatable bonds is 7. The predicted molar refractivity (Wildman–Crippen MR) is 96.9 cm³/mol. The van der Waals surface area contributed by atoms with E-state index in [4.69, 9.17) is 4.74 Å². The minimum Gasteiger partial charge on any atom is -0.497 e. The largest absolute Gasteiger partial charge is 0.573 e. The third kappa shape index (κ3) is 6.34. The summed E-state index contributed by atoms with van der Waals surface area (Å²) in [7, 11) is -2.37. The zero-order valence-electron chi connectivity index (χ0n) is 14.9. The van der Waals surface area contributed by atoms with Crippen molar-refractivity contribution in [1.82, 2.24) is 0 Å². The highest BCUT2D eigenvalue weighted by Crippen LogP contribution is 2.25. The van der Waals surface area contributed by atoms with Gasteiger partial charge in [0, 0.05) is 11.8 Å². The summed E-state index contributed by atoms with van der Waals surface area (Å²) in [6, 6.07) is 10.6. The number of nitrogens with zero attached hydrogens (tertiary/aromatic N) is 1. The number of amides is 1. The number of methoxy groups -OCH3 is 1. The second kappa shape index (κ2) is 8.38. The molecule has 0 atom stereocenters. The maximum Gasteiger partial charge on any atom is 0.573 e. The minimum absolute atomic E-state index is 0.179. The van der Waals surface area contributed by atoms with Crippen LogP contribution in [0.25, 0.3) is 0 Å². The molecule has 0 spiro atoms. The monoisotopic (exact) mass is 418 g/mol. The van der Waals surface area contributed by atoms with Gasteiger partial charge in [0.15, 0.2) is 0 Å². The Morgan fingerprint density at radius 3 is 2.29 bits per heavy atom. The molecule has 0 fully saturated rings. The number of carbonyl (C=O) groups excluding carboxylic acids is 1. The van der Waals surface area contributed by atoms with Crippen LogP contribution in [0.2, 0.25) is 0 Å². The fraction of sp³-hybridized carbons (Fsp3) is 0.235. The third-order valence-electron chi connectivity index (χ3n) is 3.40. The van der Waals surface area contributed by atoms with Crippen LogP contribution in [0.1, 0.15) is 0 Å². The van der Waals surface area contributed by atoms with E-state index >= 15 is 0 Å². The fourth-order valence-corrected chi connectivity index (χ4v) is 3.08. The molecule has 0 bridgehead atoms. The normalized spacial score (nSPS) is 11.6. The Morgan fingerprint density at radius 2 is 1.75 bits per heavy atom. The van der Waals surface area contributed by atoms with Crippen LogP contribution in [0.3, 0.4) is 0 Å². The van der Waals surface area contributed by atoms with E-state index in [1.165, 1.54) is 31.4 Å². The number of benzene rings is 2. The molecule has 0 heterocycles. The van der Waals surface area contributed by atoms with E-state index in [0.717, 1.165) is 22.7 Å². The average molecular weight is 418 g/mol. The molecule has 11 heteroatoms. The van der Waals surface area contributed by atoms with Gasteiger partial charge in [-0.15, -0.1) is 13.2 Å². The number of carbonyl (C=O) groups is 1. The number of hydrogen-bond acceptors (Lipinski definition) is 5. The molecule has 1 amide bonds. The molecule has 0 aliphatic heterocycles. The topological polar surface area (TPSA) is 84.9 Å². The van der Waals surface area contributed by atoms with Crippen LogP contribution in [0.5, 0.6) is 11.5 Å². The van der Waals surface area contributed by atoms with Crippen LogP contribution in [0.15, 0.2) is 48.5 Å². The van der Waals surface area contributed by atoms with Gasteiger partial charge in [0.05, 0.1) is 19.1 Å². The Balaban J connectivity index is 2.12. The molecule has 2 rings (SSSR count). The molecular formula is C17H17F3N2O5S. The minimum atomic E-state index is -4.82. The number of nitrogens with one attached hydrogen (secondary N) is 1. The van der Waals surface area contributed by atoms with Gasteiger partial charge in [-0.1, -0.05) is 6.07 Å². The van der Waals surface area contributed by atoms with Gasteiger partial charge in [-0.3, -0.25) is 9.10 Å². The second-order valence-electron chi connectivity index (χ2n) is 5.59. The van der Waals surface area contributed by atoms with Gasteiger partial charge >= 0.3 is 6.36 Å². The number of alkyl halides is 3. The molecule has 0 radical (unpaired) electrons. The molecule has 2 aromatic rings. The summed E-state index contributed by atoms with van der Waals surface area (Å²) in [5.41, 5.74) is 0.407. The van der Waals surface area contributed by atoms with Gasteiger partial charge in [0.25, 0.3) is 0 Å². The van der Waals surface area contributed by atoms with E-state index in [1.807, 2.05) is 0 Å². The van der Waals surface area contributed by atoms with Crippen LogP contribution in [0.4, 0.5) is 24.5 Å². The highest BCUT2D eigenvalue weighted by atomic mass is 32.2. The molecule has 0 aliphatic carbocycles. The summed E-state index contributed by atoms with van der Waals surface area (Å²) >= 11 is 0. The van der Waals surface area contributed by atoms with Crippen molar-refractivity contribution in [2.45, 2.75) is 6.36 Å². The van der Waals surface area contributed by atoms with Crippen molar-refractivity contribution in [3.63, 3.8) is 0 Å². The van der Waals surface area contributed by atoms with Crippen molar-refractivity contribution in [2.75, 3.05) is 29.5 Å². The standard InChI is InChI=1S/C17H17F3N2O5S/c1-26-15-5-3-4-13(10-15)22(28(2,24)25)11-16(23)21-12-6-8-14(9-7-12)27-17(18,19)20/h3-10H,11H2,1-2H3,(H,21,23). The molecule has 0 unspecified atom stereocenters. The number of anilines is 2. The first-order valence-corrected chi connectivity index (χ1v) is 9.60. The molecule has 0 aliphatic rings. The molecule has 7 nitrogen and oxygen atoms in total. The average Bonchev–Trinajstić information content (AvgIpc) is 2.59. The van der Waals surface area contributed by atoms with Crippen molar-refractivity contribution in [1.29, 1.82) is 0 Å². The fourth-order valence-electron chi connectivity index (χ4n) is 2.24. The number of halogens is 3. The lowest BCUT2D eigenvalue weighted by molar-refractivity contribution is -0.274. The van der Waals surface area contributed by atoms with Crippen LogP contribution >= 0.6 is 0 Å². The van der Waals surface area contributed by atoms with Crippen molar-refractivity contribution >= 4 is 27.3 Å². The molecule has 0 aromatic heterocycles. The number of ether oxygens (including phenoxy) is 2. The highest BCUT2D eigenvalue weighted by molar-refractivity contribution is 7.92. The Kier molecular flexibility index (Phi) is 6.39. The summed E-state index contributed by atoms with van der Waals surface area (Å²) < 4.78 is 70.3. The number of hydrogen-bond donors (Lipinski definition) is 1. The Hall–Kier alpha value is -2.95. The van der Waals surface area contributed by atoms with Crippen LogP contribution in [-0.4, -0.2) is 40.6 Å². The zero-order chi connectivity index (χ0) is 20.9. The van der Waals surface area contributed by atoms with Gasteiger partial charge < -0.3 is 14.8 Å². The molecule has 2 aromatic carbocycles. The lowest BCUT2D eigenvalue weighted by Gasteiger charge is -2.22. The van der Waals surface area contributed by atoms with Gasteiger partial charge in [-0.05, 0) is 36.4 Å². The van der Waals surface area contributed by atoms with E-state index in [2.05, 4.69) is 10.1 Å². The van der Waals surface area contributed by atoms with E-state index < -0.39 is 34.6 Å². The molecular weight excluding hydrogens is 401 g/mol. The smallest absolute Gasteiger partial charge is 0.497 e. The molecule has 152 valence electrons. The lowest BCUT2D eigenvalue weighted by Crippen LogP contribution is -2.37. The highest BCUT2D eigenvalue weighted by Gasteiger charge is 2.31. The van der Waals surface area contributed by atoms with Gasteiger partial charge in [0.2, 0.25) is 15.9 Å². The molecule has 28 heavy (non-hydrogen) atoms. The molecule has 0 saturated carbocycles. The molecule has 1 N–H and O–H groups in total. The Labute approximate surface area is 159 Å². The van der Waals surface area contributed by atoms with Crippen molar-refractivity contribution < 1.29 is 35.9 Å². The number of sulfonamides is 1. The first kappa shape index (κ1) is 21.4. The van der Waals surface area contributed by atoms with Crippen LogP contribution in [0, 0.1) is 0 Å². The third-order valence-corrected chi connectivity index (χ3v) is 4.54. The van der Waals surface area contributed by atoms with E-state index in [-0.39, 0.29) is 11.4 Å². The van der Waals surface area contributed by atoms with Crippen molar-refractivity contribution in [3.05, 3.63) is 48.5 Å². The second-order valence-corrected chi connectivity index (χ2v) is 7.50. The summed E-state index contributed by atoms with van der Waals surface area (Å²) in [6.07, 6.45) is -3.87. The van der Waals surface area contributed by atoms with Crippen molar-refractivity contribution in [2.24, 2.45) is 0 Å². The van der Waals surface area contributed by atoms with Crippen LogP contribution in [-0.2, 0) is 14.8 Å². The molecule has 0 saturated heterocycles. The maximum atomic E-state index is 12.3. The summed E-state index contributed by atoms with van der Waals surface area (Å²) in [5.74, 6) is -0.718. The zero-order valence-corrected chi connectivity index (χ0v) is 15.7. The summed E-state index contributed by atoms with van der Waals surface area (Å²) in [5, 5.41) is 2.42. The quantitative estimate of drug-likeness (QED) is 0.747. The first-order valence-electron chi connectivity index (χ1n) is 7.75. The summed E-state index contributed by atoms with van der Waals surface area (Å²) in [4.78, 5) is 12.3. The van der Waals surface area contributed by atoms with Gasteiger partial charge in [-0.25, -0.2) is 8.42 Å². The van der Waals surface area contributed by atoms with E-state index in [0.29, 0.717) is 5.75 Å². The van der Waals surface area contributed by atoms with E-state index in [1.54, 1.807) is 12.1 Å².